The number of carbonyl (C=O) groups excluding carboxylic acids is 2. The first-order chi connectivity index (χ1) is 11.0. The van der Waals surface area contributed by atoms with Gasteiger partial charge in [-0.15, -0.1) is 0 Å². The minimum atomic E-state index is -3.46. The summed E-state index contributed by atoms with van der Waals surface area (Å²) >= 11 is 0. The summed E-state index contributed by atoms with van der Waals surface area (Å²) in [5.41, 5.74) is -1.39. The lowest BCUT2D eigenvalue weighted by Crippen LogP contribution is -2.40. The van der Waals surface area contributed by atoms with Crippen molar-refractivity contribution in [2.24, 2.45) is 0 Å². The molecule has 25 heavy (non-hydrogen) atoms. The van der Waals surface area contributed by atoms with E-state index in [2.05, 4.69) is 5.32 Å². The van der Waals surface area contributed by atoms with Crippen molar-refractivity contribution in [3.63, 3.8) is 0 Å². The monoisotopic (exact) mass is 377 g/mol. The van der Waals surface area contributed by atoms with Crippen molar-refractivity contribution in [2.45, 2.75) is 84.3 Å². The van der Waals surface area contributed by atoms with E-state index in [0.29, 0.717) is 0 Å². The number of ether oxygens (including phenoxy) is 2. The minimum absolute atomic E-state index is 0.208. The highest BCUT2D eigenvalue weighted by Gasteiger charge is 2.24. The van der Waals surface area contributed by atoms with Gasteiger partial charge in [0.05, 0.1) is 17.7 Å². The minimum Gasteiger partial charge on any atom is -0.460 e. The average molecular weight is 378 g/mol. The third kappa shape index (κ3) is 11.6. The molecule has 0 saturated heterocycles. The quantitative estimate of drug-likeness (QED) is 0.715. The van der Waals surface area contributed by atoms with Gasteiger partial charge in [0.2, 0.25) is 0 Å². The molecule has 7 nitrogen and oxygen atoms in total. The summed E-state index contributed by atoms with van der Waals surface area (Å²) < 4.78 is 34.2. The first-order valence-electron chi connectivity index (χ1n) is 8.15. The van der Waals surface area contributed by atoms with Crippen LogP contribution in [0.1, 0.15) is 61.8 Å². The molecule has 146 valence electrons. The van der Waals surface area contributed by atoms with E-state index in [1.165, 1.54) is 6.08 Å². The van der Waals surface area contributed by atoms with Gasteiger partial charge in [-0.3, -0.25) is 4.79 Å². The van der Waals surface area contributed by atoms with E-state index in [0.717, 1.165) is 5.41 Å². The van der Waals surface area contributed by atoms with Crippen molar-refractivity contribution in [1.29, 1.82) is 0 Å². The van der Waals surface area contributed by atoms with E-state index in [1.807, 2.05) is 0 Å². The third-order valence-electron chi connectivity index (χ3n) is 2.67. The Kier molecular flexibility index (Phi) is 8.14. The van der Waals surface area contributed by atoms with Crippen molar-refractivity contribution in [1.82, 2.24) is 5.32 Å². The fourth-order valence-electron chi connectivity index (χ4n) is 1.55. The predicted molar refractivity (Wildman–Crippen MR) is 96.8 cm³/mol. The maximum absolute atomic E-state index is 12.0. The zero-order valence-electron chi connectivity index (χ0n) is 16.4. The molecule has 0 fully saturated rings. The predicted octanol–water partition coefficient (Wildman–Crippen LogP) is 2.95. The lowest BCUT2D eigenvalue weighted by Gasteiger charge is -2.24. The Morgan fingerprint density at radius 1 is 1.00 bits per heavy atom. The average Bonchev–Trinajstić information content (AvgIpc) is 2.30. The van der Waals surface area contributed by atoms with E-state index in [-0.39, 0.29) is 6.42 Å². The maximum Gasteiger partial charge on any atom is 0.408 e. The topological polar surface area (TPSA) is 98.8 Å². The van der Waals surface area contributed by atoms with Crippen LogP contribution in [0.25, 0.3) is 0 Å². The van der Waals surface area contributed by atoms with Crippen LogP contribution in [0.5, 0.6) is 0 Å². The number of sulfone groups is 1. The van der Waals surface area contributed by atoms with Gasteiger partial charge in [-0.1, -0.05) is 6.08 Å². The molecule has 0 saturated carbocycles. The Labute approximate surface area is 151 Å². The maximum atomic E-state index is 12.0. The summed E-state index contributed by atoms with van der Waals surface area (Å²) in [6.45, 7) is 13.4. The molecular weight excluding hydrogens is 346 g/mol. The molecule has 0 spiro atoms. The van der Waals surface area contributed by atoms with Gasteiger partial charge >= 0.3 is 12.1 Å². The molecule has 0 aromatic carbocycles. The third-order valence-corrected chi connectivity index (χ3v) is 4.52. The van der Waals surface area contributed by atoms with Crippen LogP contribution in [-0.4, -0.2) is 43.0 Å². The van der Waals surface area contributed by atoms with Crippen LogP contribution in [0.2, 0.25) is 0 Å². The molecule has 8 heteroatoms. The SMILES string of the molecule is CC(C)S(=O)(=O)/C=C/C(CC(=O)OC(C)(C)C)NC(=O)OC(C)(C)C. The molecule has 1 amide bonds. The second kappa shape index (κ2) is 8.69. The zero-order chi connectivity index (χ0) is 20.1. The normalized spacial score (nSPS) is 14.4. The largest absolute Gasteiger partial charge is 0.460 e. The molecule has 0 heterocycles. The van der Waals surface area contributed by atoms with E-state index >= 15 is 0 Å². The lowest BCUT2D eigenvalue weighted by atomic mass is 10.1. The van der Waals surface area contributed by atoms with Gasteiger partial charge in [0.25, 0.3) is 0 Å². The van der Waals surface area contributed by atoms with Crippen LogP contribution in [0.4, 0.5) is 4.79 Å². The molecule has 0 aliphatic carbocycles. The molecule has 0 radical (unpaired) electrons. The Balaban J connectivity index is 5.21. The summed E-state index contributed by atoms with van der Waals surface area (Å²) in [5, 5.41) is 2.89. The van der Waals surface area contributed by atoms with Crippen molar-refractivity contribution in [3.8, 4) is 0 Å². The van der Waals surface area contributed by atoms with Gasteiger partial charge in [0, 0.05) is 5.41 Å². The Hall–Kier alpha value is -1.57. The van der Waals surface area contributed by atoms with E-state index in [9.17, 15) is 18.0 Å². The molecule has 0 rings (SSSR count). The summed E-state index contributed by atoms with van der Waals surface area (Å²) in [7, 11) is -3.46. The first kappa shape index (κ1) is 23.4. The zero-order valence-corrected chi connectivity index (χ0v) is 17.2. The second-order valence-electron chi connectivity index (χ2n) is 8.01. The first-order valence-corrected chi connectivity index (χ1v) is 9.76. The summed E-state index contributed by atoms with van der Waals surface area (Å²) in [5.74, 6) is -0.555. The van der Waals surface area contributed by atoms with Gasteiger partial charge in [0.15, 0.2) is 9.84 Å². The molecule has 0 bridgehead atoms. The van der Waals surface area contributed by atoms with Crippen LogP contribution < -0.4 is 5.32 Å². The van der Waals surface area contributed by atoms with Crippen LogP contribution >= 0.6 is 0 Å². The number of rotatable bonds is 6. The Morgan fingerprint density at radius 2 is 1.48 bits per heavy atom. The smallest absolute Gasteiger partial charge is 0.408 e. The Morgan fingerprint density at radius 3 is 1.88 bits per heavy atom. The standard InChI is InChI=1S/C17H31NO6S/c1-12(2)25(21,22)10-9-13(11-14(19)23-16(3,4)5)18-15(20)24-17(6,7)8/h9-10,12-13H,11H2,1-8H3,(H,18,20)/b10-9+. The van der Waals surface area contributed by atoms with Crippen molar-refractivity contribution in [3.05, 3.63) is 11.5 Å². The van der Waals surface area contributed by atoms with E-state index in [4.69, 9.17) is 9.47 Å². The van der Waals surface area contributed by atoms with Crippen molar-refractivity contribution >= 4 is 21.9 Å². The van der Waals surface area contributed by atoms with E-state index < -0.39 is 44.4 Å². The molecule has 0 aromatic heterocycles. The highest BCUT2D eigenvalue weighted by atomic mass is 32.2. The lowest BCUT2D eigenvalue weighted by molar-refractivity contribution is -0.155. The van der Waals surface area contributed by atoms with Crippen LogP contribution in [0.3, 0.4) is 0 Å². The van der Waals surface area contributed by atoms with Gasteiger partial charge in [-0.05, 0) is 55.4 Å². The van der Waals surface area contributed by atoms with Gasteiger partial charge < -0.3 is 14.8 Å². The van der Waals surface area contributed by atoms with Crippen LogP contribution in [-0.2, 0) is 24.1 Å². The van der Waals surface area contributed by atoms with Crippen molar-refractivity contribution in [2.75, 3.05) is 0 Å². The van der Waals surface area contributed by atoms with Gasteiger partial charge in [0.1, 0.15) is 11.2 Å². The molecule has 0 aliphatic heterocycles. The van der Waals surface area contributed by atoms with Crippen molar-refractivity contribution < 1.29 is 27.5 Å². The summed E-state index contributed by atoms with van der Waals surface area (Å²) in [6, 6.07) is -0.863. The van der Waals surface area contributed by atoms with Gasteiger partial charge in [-0.2, -0.15) is 0 Å². The number of amides is 1. The Bertz CT molecular complexity index is 564. The summed E-state index contributed by atoms with van der Waals surface area (Å²) in [4.78, 5) is 23.9. The van der Waals surface area contributed by atoms with Crippen LogP contribution in [0, 0.1) is 0 Å². The fourth-order valence-corrected chi connectivity index (χ4v) is 2.27. The molecule has 1 atom stereocenters. The fraction of sp³-hybridized carbons (Fsp3) is 0.765. The van der Waals surface area contributed by atoms with Crippen LogP contribution in [0.15, 0.2) is 11.5 Å². The van der Waals surface area contributed by atoms with E-state index in [1.54, 1.807) is 55.4 Å². The molecule has 1 N–H and O–H groups in total. The number of esters is 1. The second-order valence-corrected chi connectivity index (χ2v) is 10.4. The number of hydrogen-bond donors (Lipinski definition) is 1. The molecular formula is C17H31NO6S. The number of nitrogens with one attached hydrogen (secondary N) is 1. The summed E-state index contributed by atoms with van der Waals surface area (Å²) in [6.07, 6.45) is 0.316. The number of alkyl carbamates (subject to hydrolysis) is 1. The van der Waals surface area contributed by atoms with Gasteiger partial charge in [-0.25, -0.2) is 13.2 Å². The number of hydrogen-bond acceptors (Lipinski definition) is 6. The highest BCUT2D eigenvalue weighted by Crippen LogP contribution is 2.12. The highest BCUT2D eigenvalue weighted by molar-refractivity contribution is 7.94. The molecule has 0 aromatic rings. The molecule has 1 unspecified atom stereocenters. The molecule has 0 aliphatic rings. The number of carbonyl (C=O) groups is 2.